The molecule has 33 heteroatoms. The van der Waals surface area contributed by atoms with Crippen molar-refractivity contribution >= 4 is 82.8 Å². The first-order valence-corrected chi connectivity index (χ1v) is 37.5. The van der Waals surface area contributed by atoms with E-state index in [4.69, 9.17) is 10.5 Å². The highest BCUT2D eigenvalue weighted by Crippen LogP contribution is 2.30. The van der Waals surface area contributed by atoms with Crippen LogP contribution in [0.3, 0.4) is 0 Å². The maximum absolute atomic E-state index is 15.0. The summed E-state index contributed by atoms with van der Waals surface area (Å²) in [6.45, 7) is 26.8. The smallest absolute Gasteiger partial charge is 0.416 e. The zero-order valence-corrected chi connectivity index (χ0v) is 65.5. The largest absolute Gasteiger partial charge is 0.458 e. The predicted octanol–water partition coefficient (Wildman–Crippen LogP) is 2.34. The van der Waals surface area contributed by atoms with Crippen LogP contribution in [-0.4, -0.2) is 191 Å². The number of aliphatic hydroxyl groups is 1. The van der Waals surface area contributed by atoms with Crippen molar-refractivity contribution in [3.05, 3.63) is 83.1 Å². The molecule has 0 saturated carbocycles. The number of hydrogen-bond acceptors (Lipinski definition) is 17. The molecular weight excluding hydrogens is 1420 g/mol. The summed E-state index contributed by atoms with van der Waals surface area (Å²) < 4.78 is 45.6. The van der Waals surface area contributed by atoms with Crippen LogP contribution in [0.25, 0.3) is 0 Å². The number of nitrogens with one attached hydrogen (secondary N) is 12. The number of nitrogens with two attached hydrogens (primary N) is 1. The van der Waals surface area contributed by atoms with Gasteiger partial charge in [0.05, 0.1) is 11.7 Å². The third-order valence-electron chi connectivity index (χ3n) is 19.5. The molecule has 2 heterocycles. The van der Waals surface area contributed by atoms with Gasteiger partial charge >= 0.3 is 12.1 Å². The fourth-order valence-corrected chi connectivity index (χ4v) is 12.3. The van der Waals surface area contributed by atoms with Gasteiger partial charge in [-0.2, -0.15) is 13.2 Å². The molecule has 2 saturated heterocycles. The number of alkyl halides is 3. The van der Waals surface area contributed by atoms with Gasteiger partial charge < -0.3 is 84.3 Å². The number of halogens is 3. The molecule has 4 rings (SSSR count). The first-order valence-electron chi connectivity index (χ1n) is 37.5. The van der Waals surface area contributed by atoms with Crippen molar-refractivity contribution in [1.29, 1.82) is 0 Å². The van der Waals surface area contributed by atoms with Crippen LogP contribution in [0.4, 0.5) is 13.2 Å². The number of hydrogen-bond donors (Lipinski definition) is 14. The SMILES string of the molecule is C/C=C1\NC(=O)[C@H](Cc2ccccc2)NC(=O)[C@@H](C(C)C)NC(=O)[C@@H]([C@@H](C)CC)NC(=O)[C@H](NC(=O)[C@H](NC(=O)[C@H](CCCN)NC(=O)[C@H]2CCCN2C(=O)[C@H](NC(=O)[C@@H](NC(=O)[C@@H](NC(=O)[C@H](NC(=O)c2ccc(C(F)(F)F)cc2)C(C)C)[C@@H](C)O)C(C)C)C(C)C)[C@@H](C)CC)[C@@H](C)OC(=O)[C@H](C(C)C)NC1=O. The van der Waals surface area contributed by atoms with Crippen LogP contribution in [0.1, 0.15) is 178 Å². The molecule has 16 atom stereocenters. The van der Waals surface area contributed by atoms with E-state index in [0.717, 1.165) is 12.1 Å². The molecule has 0 radical (unpaired) electrons. The molecule has 2 aliphatic rings. The molecule has 2 aromatic carbocycles. The Bertz CT molecular complexity index is 3540. The second kappa shape index (κ2) is 42.4. The number of nitrogens with zero attached hydrogens (tertiary/aromatic N) is 1. The maximum Gasteiger partial charge on any atom is 0.416 e. The van der Waals surface area contributed by atoms with Crippen LogP contribution >= 0.6 is 0 Å². The number of esters is 1. The standard InChI is InChI=1S/C76H115F3N14O16/c1-18-42(14)58(71(104)92-61-45(17)109-75(108)57(41(12)13)88-63(96)49(20-3)81-65(98)51(36-46-26-22-21-23-27-46)83-67(100)53(37(4)5)85-70(103)59(43(15)19-2)90-73(61)106)89-64(97)50(28-24-34-80)82-66(99)52-29-25-35-93(52)74(107)56(40(10)11)87-68(101)55(39(8)9)86-72(105)60(44(16)94)91-69(102)54(38(6)7)84-62(95)47-30-32-48(33-31-47)76(77,78)79/h20-23,26-27,30-33,37-45,50-61,94H,18-19,24-25,28-29,34-36,80H2,1-17H3,(H,81,98)(H,82,99)(H,83,100)(H,84,95)(H,85,103)(H,86,105)(H,87,101)(H,88,96)(H,89,97)(H,90,106)(H,91,102)(H,92,104)/b49-20-/t42-,43-,44+,45+,50-,51-,52+,53+,54+,55-,56+,57-,58+,59+,60-,61+/m0/s1. The summed E-state index contributed by atoms with van der Waals surface area (Å²) in [5.41, 5.74) is 5.10. The number of cyclic esters (lactones) is 1. The average molecular weight is 1540 g/mol. The number of rotatable bonds is 30. The number of carbonyl (C=O) groups excluding carboxylic acids is 14. The van der Waals surface area contributed by atoms with E-state index < -0.39 is 221 Å². The molecule has 0 unspecified atom stereocenters. The third-order valence-corrected chi connectivity index (χ3v) is 19.5. The number of amides is 13. The van der Waals surface area contributed by atoms with E-state index in [1.165, 1.54) is 31.7 Å². The summed E-state index contributed by atoms with van der Waals surface area (Å²) in [6, 6.07) is -5.33. The van der Waals surface area contributed by atoms with Crippen LogP contribution < -0.4 is 69.5 Å². The van der Waals surface area contributed by atoms with E-state index in [0.29, 0.717) is 24.1 Å². The van der Waals surface area contributed by atoms with Crippen molar-refractivity contribution in [3.8, 4) is 0 Å². The minimum absolute atomic E-state index is 0.0224. The topological polar surface area (TPSA) is 442 Å². The molecule has 13 amide bonds. The molecular formula is C76H115F3N14O16. The third kappa shape index (κ3) is 26.4. The summed E-state index contributed by atoms with van der Waals surface area (Å²) in [6.07, 6.45) is -5.64. The van der Waals surface area contributed by atoms with Crippen molar-refractivity contribution in [3.63, 3.8) is 0 Å². The highest BCUT2D eigenvalue weighted by molar-refractivity contribution is 6.03. The Labute approximate surface area is 636 Å². The van der Waals surface area contributed by atoms with E-state index in [2.05, 4.69) is 63.8 Å². The van der Waals surface area contributed by atoms with Crippen LogP contribution in [0.5, 0.6) is 0 Å². The lowest BCUT2D eigenvalue weighted by molar-refractivity contribution is -0.157. The van der Waals surface area contributed by atoms with Crippen molar-refractivity contribution in [2.75, 3.05) is 13.1 Å². The lowest BCUT2D eigenvalue weighted by Crippen LogP contribution is -2.64. The Balaban J connectivity index is 1.62. The Morgan fingerprint density at radius 3 is 1.68 bits per heavy atom. The average Bonchev–Trinajstić information content (AvgIpc) is 1.77. The van der Waals surface area contributed by atoms with Gasteiger partial charge in [-0.15, -0.1) is 0 Å². The highest BCUT2D eigenvalue weighted by Gasteiger charge is 2.45. The summed E-state index contributed by atoms with van der Waals surface area (Å²) >= 11 is 0. The van der Waals surface area contributed by atoms with Crippen molar-refractivity contribution < 1.29 is 90.1 Å². The van der Waals surface area contributed by atoms with E-state index in [-0.39, 0.29) is 62.9 Å². The van der Waals surface area contributed by atoms with E-state index >= 15 is 9.59 Å². The minimum Gasteiger partial charge on any atom is -0.458 e. The molecule has 2 aliphatic heterocycles. The summed E-state index contributed by atoms with van der Waals surface area (Å²) in [4.78, 5) is 202. The van der Waals surface area contributed by atoms with E-state index in [1.54, 1.807) is 127 Å². The molecule has 0 aliphatic carbocycles. The first-order chi connectivity index (χ1) is 51.0. The van der Waals surface area contributed by atoms with Gasteiger partial charge in [-0.3, -0.25) is 62.3 Å². The van der Waals surface area contributed by atoms with Crippen LogP contribution in [0, 0.1) is 41.4 Å². The van der Waals surface area contributed by atoms with E-state index in [1.807, 2.05) is 0 Å². The summed E-state index contributed by atoms with van der Waals surface area (Å²) in [5.74, 6) is -17.2. The number of likely N-dealkylation sites (tertiary alicyclic amines) is 1. The Morgan fingerprint density at radius 2 is 1.16 bits per heavy atom. The van der Waals surface area contributed by atoms with Gasteiger partial charge in [-0.25, -0.2) is 4.79 Å². The van der Waals surface area contributed by atoms with Gasteiger partial charge in [-0.1, -0.05) is 146 Å². The second-order valence-corrected chi connectivity index (χ2v) is 29.9. The van der Waals surface area contributed by atoms with Crippen molar-refractivity contribution in [2.24, 2.45) is 47.2 Å². The molecule has 606 valence electrons. The molecule has 2 aromatic rings. The van der Waals surface area contributed by atoms with E-state index in [9.17, 15) is 75.8 Å². The number of carbonyl (C=O) groups is 14. The number of ether oxygens (including phenoxy) is 1. The Hall–Kier alpha value is -9.53. The fraction of sp³-hybridized carbons (Fsp3) is 0.632. The van der Waals surface area contributed by atoms with Gasteiger partial charge in [0.15, 0.2) is 0 Å². The quantitative estimate of drug-likeness (QED) is 0.0394. The molecule has 0 bridgehead atoms. The molecule has 30 nitrogen and oxygen atoms in total. The monoisotopic (exact) mass is 1540 g/mol. The van der Waals surface area contributed by atoms with Gasteiger partial charge in [0, 0.05) is 18.5 Å². The lowest BCUT2D eigenvalue weighted by Gasteiger charge is -2.33. The zero-order valence-electron chi connectivity index (χ0n) is 65.5. The molecule has 15 N–H and O–H groups in total. The summed E-state index contributed by atoms with van der Waals surface area (Å²) in [7, 11) is 0. The van der Waals surface area contributed by atoms with Crippen LogP contribution in [0.2, 0.25) is 0 Å². The van der Waals surface area contributed by atoms with Crippen molar-refractivity contribution in [2.45, 2.75) is 254 Å². The van der Waals surface area contributed by atoms with Crippen LogP contribution in [0.15, 0.2) is 66.4 Å². The Kier molecular flexibility index (Phi) is 35.8. The van der Waals surface area contributed by atoms with Gasteiger partial charge in [0.2, 0.25) is 65.0 Å². The van der Waals surface area contributed by atoms with Gasteiger partial charge in [0.25, 0.3) is 11.8 Å². The van der Waals surface area contributed by atoms with Gasteiger partial charge in [0.1, 0.15) is 84.3 Å². The minimum atomic E-state index is -4.67. The zero-order chi connectivity index (χ0) is 82.2. The molecule has 0 spiro atoms. The molecule has 109 heavy (non-hydrogen) atoms. The van der Waals surface area contributed by atoms with Crippen LogP contribution in [-0.2, 0) is 79.7 Å². The maximum atomic E-state index is 15.0. The Morgan fingerprint density at radius 1 is 0.624 bits per heavy atom. The summed E-state index contributed by atoms with van der Waals surface area (Å²) in [5, 5.41) is 42.5. The predicted molar refractivity (Wildman–Crippen MR) is 397 cm³/mol. The highest BCUT2D eigenvalue weighted by atomic mass is 19.4. The number of benzene rings is 2. The van der Waals surface area contributed by atoms with Crippen molar-refractivity contribution in [1.82, 2.24) is 68.7 Å². The number of aliphatic hydroxyl groups excluding tert-OH is 1. The number of allylic oxidation sites excluding steroid dienone is 1. The normalized spacial score (nSPS) is 22.2. The fourth-order valence-electron chi connectivity index (χ4n) is 12.3. The first kappa shape index (κ1) is 91.9. The lowest BCUT2D eigenvalue weighted by atomic mass is 9.95. The molecule has 2 fully saturated rings. The van der Waals surface area contributed by atoms with Gasteiger partial charge in [-0.05, 0) is 124 Å². The second-order valence-electron chi connectivity index (χ2n) is 29.9. The molecule has 0 aromatic heterocycles.